The number of sulfonamides is 1. The molecule has 3 rings (SSSR count). The molecule has 6 nitrogen and oxygen atoms in total. The highest BCUT2D eigenvalue weighted by Gasteiger charge is 2.24. The average molecular weight is 366 g/mol. The van der Waals surface area contributed by atoms with Gasteiger partial charge in [-0.1, -0.05) is 25.0 Å². The van der Waals surface area contributed by atoms with Crippen molar-refractivity contribution in [1.29, 1.82) is 0 Å². The summed E-state index contributed by atoms with van der Waals surface area (Å²) < 4.78 is 31.6. The molecule has 0 bridgehead atoms. The number of carbonyl (C=O) groups excluding carboxylic acids is 1. The van der Waals surface area contributed by atoms with Crippen LogP contribution in [0.15, 0.2) is 24.3 Å². The summed E-state index contributed by atoms with van der Waals surface area (Å²) in [6, 6.07) is 7.00. The van der Waals surface area contributed by atoms with E-state index in [1.807, 2.05) is 4.90 Å². The minimum atomic E-state index is -3.34. The van der Waals surface area contributed by atoms with Crippen LogP contribution in [0.4, 0.5) is 0 Å². The summed E-state index contributed by atoms with van der Waals surface area (Å²) in [7, 11) is -3.34. The van der Waals surface area contributed by atoms with Crippen LogP contribution in [-0.4, -0.2) is 62.9 Å². The lowest BCUT2D eigenvalue weighted by molar-refractivity contribution is 0.0729. The molecule has 0 unspecified atom stereocenters. The number of carbonyl (C=O) groups is 1. The van der Waals surface area contributed by atoms with Crippen LogP contribution in [0.2, 0.25) is 0 Å². The molecule has 7 heteroatoms. The lowest BCUT2D eigenvalue weighted by atomic mass is 10.1. The first-order valence-corrected chi connectivity index (χ1v) is 10.6. The Balaban J connectivity index is 1.64. The van der Waals surface area contributed by atoms with Crippen LogP contribution >= 0.6 is 0 Å². The molecule has 2 aliphatic rings. The molecule has 0 atom stereocenters. The Labute approximate surface area is 149 Å². The SMILES string of the molecule is O=C(c1ccc(CS(=O)(=O)N2CCOCC2)cc1)N1CCCCCC1. The van der Waals surface area contributed by atoms with Crippen molar-refractivity contribution in [3.05, 3.63) is 35.4 Å². The van der Waals surface area contributed by atoms with Crippen LogP contribution < -0.4 is 0 Å². The Morgan fingerprint density at radius 1 is 0.920 bits per heavy atom. The molecule has 2 fully saturated rings. The number of ether oxygens (including phenoxy) is 1. The molecule has 0 spiro atoms. The highest BCUT2D eigenvalue weighted by Crippen LogP contribution is 2.16. The molecular formula is C18H26N2O4S. The molecule has 0 N–H and O–H groups in total. The lowest BCUT2D eigenvalue weighted by Gasteiger charge is -2.26. The molecule has 2 heterocycles. The van der Waals surface area contributed by atoms with E-state index in [4.69, 9.17) is 4.74 Å². The van der Waals surface area contributed by atoms with Gasteiger partial charge in [0.1, 0.15) is 0 Å². The van der Waals surface area contributed by atoms with Gasteiger partial charge in [0.2, 0.25) is 10.0 Å². The Bertz CT molecular complexity index is 674. The maximum Gasteiger partial charge on any atom is 0.253 e. The zero-order chi connectivity index (χ0) is 17.7. The fourth-order valence-electron chi connectivity index (χ4n) is 3.33. The third-order valence-electron chi connectivity index (χ3n) is 4.81. The van der Waals surface area contributed by atoms with Crippen molar-refractivity contribution in [2.24, 2.45) is 0 Å². The molecule has 1 amide bonds. The number of morpholine rings is 1. The number of rotatable bonds is 4. The van der Waals surface area contributed by atoms with Gasteiger partial charge in [0.05, 0.1) is 19.0 Å². The number of likely N-dealkylation sites (tertiary alicyclic amines) is 1. The molecule has 2 saturated heterocycles. The number of benzene rings is 1. The van der Waals surface area contributed by atoms with Gasteiger partial charge in [0.25, 0.3) is 5.91 Å². The van der Waals surface area contributed by atoms with Gasteiger partial charge in [-0.15, -0.1) is 0 Å². The molecule has 2 aliphatic heterocycles. The first-order valence-electron chi connectivity index (χ1n) is 9.00. The molecule has 1 aromatic rings. The van der Waals surface area contributed by atoms with E-state index in [9.17, 15) is 13.2 Å². The van der Waals surface area contributed by atoms with Crippen LogP contribution in [0.3, 0.4) is 0 Å². The van der Waals surface area contributed by atoms with Crippen molar-refractivity contribution < 1.29 is 17.9 Å². The third kappa shape index (κ3) is 4.80. The molecule has 0 radical (unpaired) electrons. The zero-order valence-electron chi connectivity index (χ0n) is 14.5. The second-order valence-corrected chi connectivity index (χ2v) is 8.64. The summed E-state index contributed by atoms with van der Waals surface area (Å²) in [5.74, 6) is 0.00930. The molecule has 25 heavy (non-hydrogen) atoms. The van der Waals surface area contributed by atoms with Gasteiger partial charge in [-0.25, -0.2) is 8.42 Å². The number of hydrogen-bond donors (Lipinski definition) is 0. The van der Waals surface area contributed by atoms with Crippen molar-refractivity contribution in [1.82, 2.24) is 9.21 Å². The molecule has 138 valence electrons. The smallest absolute Gasteiger partial charge is 0.253 e. The van der Waals surface area contributed by atoms with E-state index in [1.165, 1.54) is 17.1 Å². The maximum absolute atomic E-state index is 12.6. The molecule has 0 aliphatic carbocycles. The predicted molar refractivity (Wildman–Crippen MR) is 95.8 cm³/mol. The van der Waals surface area contributed by atoms with Crippen molar-refractivity contribution in [3.63, 3.8) is 0 Å². The van der Waals surface area contributed by atoms with E-state index < -0.39 is 10.0 Å². The molecule has 0 aromatic heterocycles. The van der Waals surface area contributed by atoms with Crippen molar-refractivity contribution >= 4 is 15.9 Å². The fourth-order valence-corrected chi connectivity index (χ4v) is 4.83. The summed E-state index contributed by atoms with van der Waals surface area (Å²) in [5, 5.41) is 0. The Morgan fingerprint density at radius 2 is 1.52 bits per heavy atom. The minimum absolute atomic E-state index is 0.0365. The van der Waals surface area contributed by atoms with Gasteiger partial charge in [-0.05, 0) is 30.5 Å². The van der Waals surface area contributed by atoms with Crippen molar-refractivity contribution in [2.45, 2.75) is 31.4 Å². The lowest BCUT2D eigenvalue weighted by Crippen LogP contribution is -2.41. The van der Waals surface area contributed by atoms with E-state index in [1.54, 1.807) is 24.3 Å². The zero-order valence-corrected chi connectivity index (χ0v) is 15.3. The van der Waals surface area contributed by atoms with Gasteiger partial charge >= 0.3 is 0 Å². The van der Waals surface area contributed by atoms with Gasteiger partial charge in [0.15, 0.2) is 0 Å². The highest BCUT2D eigenvalue weighted by atomic mass is 32.2. The van der Waals surface area contributed by atoms with Crippen LogP contribution in [0, 0.1) is 0 Å². The normalized spacial score (nSPS) is 20.2. The average Bonchev–Trinajstić information content (AvgIpc) is 2.92. The summed E-state index contributed by atoms with van der Waals surface area (Å²) in [4.78, 5) is 14.5. The molecule has 1 aromatic carbocycles. The molecular weight excluding hydrogens is 340 g/mol. The highest BCUT2D eigenvalue weighted by molar-refractivity contribution is 7.88. The topological polar surface area (TPSA) is 66.9 Å². The van der Waals surface area contributed by atoms with Gasteiger partial charge in [-0.3, -0.25) is 4.79 Å². The van der Waals surface area contributed by atoms with Gasteiger partial charge in [0, 0.05) is 31.7 Å². The van der Waals surface area contributed by atoms with Gasteiger partial charge in [-0.2, -0.15) is 4.31 Å². The van der Waals surface area contributed by atoms with Crippen LogP contribution in [0.1, 0.15) is 41.6 Å². The maximum atomic E-state index is 12.6. The first-order chi connectivity index (χ1) is 12.1. The molecule has 0 saturated carbocycles. The quantitative estimate of drug-likeness (QED) is 0.816. The Morgan fingerprint density at radius 3 is 2.12 bits per heavy atom. The third-order valence-corrected chi connectivity index (χ3v) is 6.66. The number of hydrogen-bond acceptors (Lipinski definition) is 4. The first kappa shape index (κ1) is 18.4. The summed E-state index contributed by atoms with van der Waals surface area (Å²) >= 11 is 0. The van der Waals surface area contributed by atoms with Crippen molar-refractivity contribution in [2.75, 3.05) is 39.4 Å². The monoisotopic (exact) mass is 366 g/mol. The van der Waals surface area contributed by atoms with E-state index in [0.29, 0.717) is 37.4 Å². The second-order valence-electron chi connectivity index (χ2n) is 6.67. The van der Waals surface area contributed by atoms with E-state index in [-0.39, 0.29) is 11.7 Å². The largest absolute Gasteiger partial charge is 0.379 e. The van der Waals surface area contributed by atoms with Crippen LogP contribution in [0.25, 0.3) is 0 Å². The van der Waals surface area contributed by atoms with Crippen molar-refractivity contribution in [3.8, 4) is 0 Å². The Hall–Kier alpha value is -1.44. The fraction of sp³-hybridized carbons (Fsp3) is 0.611. The Kier molecular flexibility index (Phi) is 6.09. The predicted octanol–water partition coefficient (Wildman–Crippen LogP) is 1.86. The van der Waals surface area contributed by atoms with E-state index in [2.05, 4.69) is 0 Å². The van der Waals surface area contributed by atoms with Crippen LogP contribution in [-0.2, 0) is 20.5 Å². The minimum Gasteiger partial charge on any atom is -0.379 e. The van der Waals surface area contributed by atoms with Gasteiger partial charge < -0.3 is 9.64 Å². The summed E-state index contributed by atoms with van der Waals surface area (Å²) in [6.45, 7) is 3.34. The summed E-state index contributed by atoms with van der Waals surface area (Å²) in [5.41, 5.74) is 1.34. The van der Waals surface area contributed by atoms with E-state index in [0.717, 1.165) is 25.9 Å². The number of amides is 1. The second kappa shape index (κ2) is 8.29. The number of nitrogens with zero attached hydrogens (tertiary/aromatic N) is 2. The standard InChI is InChI=1S/C18H26N2O4S/c21-18(19-9-3-1-2-4-10-19)17-7-5-16(6-8-17)15-25(22,23)20-11-13-24-14-12-20/h5-8H,1-4,9-15H2. The summed E-state index contributed by atoms with van der Waals surface area (Å²) in [6.07, 6.45) is 4.48. The van der Waals surface area contributed by atoms with E-state index >= 15 is 0 Å². The van der Waals surface area contributed by atoms with Crippen LogP contribution in [0.5, 0.6) is 0 Å².